The van der Waals surface area contributed by atoms with Crippen LogP contribution in [0.25, 0.3) is 0 Å². The third-order valence-corrected chi connectivity index (χ3v) is 10.3. The van der Waals surface area contributed by atoms with Crippen molar-refractivity contribution >= 4 is 5.97 Å². The van der Waals surface area contributed by atoms with E-state index in [9.17, 15) is 50.8 Å². The number of hydrogen-bond acceptors (Lipinski definition) is 17. The molecule has 2 aliphatic carbocycles. The zero-order valence-electron chi connectivity index (χ0n) is 26.4. The molecule has 0 amide bonds. The highest BCUT2D eigenvalue weighted by atomic mass is 16.7. The zero-order chi connectivity index (χ0) is 34.2. The third-order valence-electron chi connectivity index (χ3n) is 10.3. The van der Waals surface area contributed by atoms with Gasteiger partial charge in [0.25, 0.3) is 0 Å². The molecule has 0 radical (unpaired) electrons. The van der Waals surface area contributed by atoms with Crippen LogP contribution in [-0.4, -0.2) is 176 Å². The van der Waals surface area contributed by atoms with Crippen molar-refractivity contribution in [1.82, 2.24) is 0 Å². The van der Waals surface area contributed by atoms with E-state index in [1.165, 1.54) is 14.0 Å². The summed E-state index contributed by atoms with van der Waals surface area (Å²) in [4.78, 5) is 11.3. The molecule has 47 heavy (non-hydrogen) atoms. The lowest BCUT2D eigenvalue weighted by Gasteiger charge is -2.52. The standard InChI is InChI=1S/C30H50O17/c1-11(32)42-10-21-23(36)25(38)27(40)29(47-21)44-17-7-13(33)6-16-14(17)8-19(28(43-16)12-3-4-15(34)18(5-12)41-2)45-30-26(39)24(37)22(35)20(9-31)46-30/h12-31,33-40H,3-10H2,1-2H3/t12?,13?,14?,15?,16?,17?,18?,19?,20-,21-,22-,23-,24+,25+,26-,27-,28?,29-,30-/m1/s1. The summed E-state index contributed by atoms with van der Waals surface area (Å²) in [5, 5.41) is 94.1. The van der Waals surface area contributed by atoms with Crippen LogP contribution in [0.4, 0.5) is 0 Å². The molecule has 0 aromatic heterocycles. The van der Waals surface area contributed by atoms with Crippen LogP contribution >= 0.6 is 0 Å². The molecule has 3 heterocycles. The van der Waals surface area contributed by atoms with Crippen LogP contribution in [0, 0.1) is 11.8 Å². The molecular formula is C30H50O17. The maximum atomic E-state index is 11.3. The minimum atomic E-state index is -1.69. The minimum Gasteiger partial charge on any atom is -0.463 e. The van der Waals surface area contributed by atoms with Gasteiger partial charge >= 0.3 is 5.97 Å². The van der Waals surface area contributed by atoms with E-state index in [0.29, 0.717) is 19.3 Å². The summed E-state index contributed by atoms with van der Waals surface area (Å²) in [6, 6.07) is 0. The maximum Gasteiger partial charge on any atom is 0.302 e. The van der Waals surface area contributed by atoms with Crippen LogP contribution in [0.15, 0.2) is 0 Å². The number of fused-ring (bicyclic) bond motifs is 1. The summed E-state index contributed by atoms with van der Waals surface area (Å²) in [5.41, 5.74) is 0. The Morgan fingerprint density at radius 3 is 1.94 bits per heavy atom. The van der Waals surface area contributed by atoms with Crippen molar-refractivity contribution in [2.75, 3.05) is 20.3 Å². The number of hydrogen-bond donors (Lipinski definition) is 9. The van der Waals surface area contributed by atoms with Crippen LogP contribution in [0.5, 0.6) is 0 Å². The van der Waals surface area contributed by atoms with Gasteiger partial charge in [-0.05, 0) is 38.0 Å². The molecule has 17 heteroatoms. The Balaban J connectivity index is 1.38. The number of methoxy groups -OCH3 is 1. The smallest absolute Gasteiger partial charge is 0.302 e. The van der Waals surface area contributed by atoms with Crippen LogP contribution in [0.3, 0.4) is 0 Å². The Morgan fingerprint density at radius 2 is 1.32 bits per heavy atom. The lowest BCUT2D eigenvalue weighted by Crippen LogP contribution is -2.63. The van der Waals surface area contributed by atoms with Gasteiger partial charge in [-0.25, -0.2) is 0 Å². The Bertz CT molecular complexity index is 1020. The number of rotatable bonds is 9. The number of aliphatic hydroxyl groups excluding tert-OH is 9. The second-order valence-corrected chi connectivity index (χ2v) is 13.4. The second kappa shape index (κ2) is 15.8. The van der Waals surface area contributed by atoms with E-state index in [-0.39, 0.29) is 25.2 Å². The van der Waals surface area contributed by atoms with E-state index < -0.39 is 129 Å². The Morgan fingerprint density at radius 1 is 0.702 bits per heavy atom. The molecule has 5 rings (SSSR count). The second-order valence-electron chi connectivity index (χ2n) is 13.4. The number of aliphatic hydroxyl groups is 9. The van der Waals surface area contributed by atoms with Crippen molar-refractivity contribution in [3.8, 4) is 0 Å². The van der Waals surface area contributed by atoms with Gasteiger partial charge in [0, 0.05) is 26.4 Å². The van der Waals surface area contributed by atoms with Gasteiger partial charge in [0.15, 0.2) is 12.6 Å². The fourth-order valence-electron chi connectivity index (χ4n) is 7.66. The molecule has 2 saturated carbocycles. The van der Waals surface area contributed by atoms with Crippen molar-refractivity contribution in [3.05, 3.63) is 0 Å². The molecule has 5 fully saturated rings. The van der Waals surface area contributed by atoms with E-state index in [0.717, 1.165) is 0 Å². The van der Waals surface area contributed by atoms with E-state index in [1.54, 1.807) is 0 Å². The van der Waals surface area contributed by atoms with Crippen molar-refractivity contribution < 1.29 is 83.9 Å². The highest BCUT2D eigenvalue weighted by molar-refractivity contribution is 5.65. The molecule has 0 aromatic carbocycles. The van der Waals surface area contributed by atoms with E-state index in [4.69, 9.17) is 33.2 Å². The van der Waals surface area contributed by atoms with E-state index >= 15 is 0 Å². The first-order chi connectivity index (χ1) is 22.3. The maximum absolute atomic E-state index is 11.3. The molecule has 3 aliphatic heterocycles. The monoisotopic (exact) mass is 682 g/mol. The summed E-state index contributed by atoms with van der Waals surface area (Å²) in [7, 11) is 1.50. The van der Waals surface area contributed by atoms with E-state index in [2.05, 4.69) is 0 Å². The van der Waals surface area contributed by atoms with Crippen molar-refractivity contribution in [3.63, 3.8) is 0 Å². The Kier molecular flexibility index (Phi) is 12.5. The highest BCUT2D eigenvalue weighted by Gasteiger charge is 2.54. The van der Waals surface area contributed by atoms with Gasteiger partial charge in [-0.15, -0.1) is 0 Å². The normalized spacial score (nSPS) is 50.8. The average molecular weight is 683 g/mol. The number of ether oxygens (including phenoxy) is 7. The molecule has 5 aliphatic rings. The molecule has 9 N–H and O–H groups in total. The number of esters is 1. The number of carbonyl (C=O) groups is 1. The number of carbonyl (C=O) groups excluding carboxylic acids is 1. The Hall–Kier alpha value is -1.13. The summed E-state index contributed by atoms with van der Waals surface area (Å²) in [6.07, 6.45) is -18.2. The summed E-state index contributed by atoms with van der Waals surface area (Å²) in [5.74, 6) is -1.33. The molecule has 19 atom stereocenters. The molecule has 0 bridgehead atoms. The first kappa shape index (κ1) is 37.1. The lowest BCUT2D eigenvalue weighted by atomic mass is 9.72. The molecular weight excluding hydrogens is 632 g/mol. The quantitative estimate of drug-likeness (QED) is 0.105. The van der Waals surface area contributed by atoms with Gasteiger partial charge in [0.05, 0.1) is 49.3 Å². The summed E-state index contributed by atoms with van der Waals surface area (Å²) >= 11 is 0. The highest BCUT2D eigenvalue weighted by Crippen LogP contribution is 2.45. The Labute approximate surface area is 271 Å². The molecule has 272 valence electrons. The first-order valence-electron chi connectivity index (χ1n) is 16.3. The summed E-state index contributed by atoms with van der Waals surface area (Å²) < 4.78 is 40.9. The third kappa shape index (κ3) is 8.10. The average Bonchev–Trinajstić information content (AvgIpc) is 3.04. The fraction of sp³-hybridized carbons (Fsp3) is 0.967. The molecule has 3 saturated heterocycles. The van der Waals surface area contributed by atoms with Gasteiger partial charge in [-0.2, -0.15) is 0 Å². The largest absolute Gasteiger partial charge is 0.463 e. The van der Waals surface area contributed by atoms with Gasteiger partial charge in [-0.1, -0.05) is 0 Å². The molecule has 0 aromatic rings. The van der Waals surface area contributed by atoms with E-state index in [1.807, 2.05) is 0 Å². The van der Waals surface area contributed by atoms with Crippen LogP contribution in [-0.2, 0) is 38.0 Å². The molecule has 9 unspecified atom stereocenters. The predicted molar refractivity (Wildman–Crippen MR) is 153 cm³/mol. The van der Waals surface area contributed by atoms with Crippen molar-refractivity contribution in [2.24, 2.45) is 11.8 Å². The van der Waals surface area contributed by atoms with Crippen LogP contribution in [0.1, 0.15) is 45.4 Å². The molecule has 0 spiro atoms. The lowest BCUT2D eigenvalue weighted by molar-refractivity contribution is -0.344. The van der Waals surface area contributed by atoms with Crippen molar-refractivity contribution in [2.45, 2.75) is 150 Å². The van der Waals surface area contributed by atoms with Gasteiger partial charge < -0.3 is 79.1 Å². The summed E-state index contributed by atoms with van der Waals surface area (Å²) in [6.45, 7) is 0.117. The van der Waals surface area contributed by atoms with Crippen LogP contribution in [0.2, 0.25) is 0 Å². The van der Waals surface area contributed by atoms with Gasteiger partial charge in [-0.3, -0.25) is 4.79 Å². The van der Waals surface area contributed by atoms with Gasteiger partial charge in [0.2, 0.25) is 0 Å². The topological polar surface area (TPSA) is 264 Å². The van der Waals surface area contributed by atoms with Crippen molar-refractivity contribution in [1.29, 1.82) is 0 Å². The van der Waals surface area contributed by atoms with Gasteiger partial charge in [0.1, 0.15) is 55.4 Å². The predicted octanol–water partition coefficient (Wildman–Crippen LogP) is -3.97. The SMILES string of the molecule is COC1CC(C2OC3CC(O)CC(O[C@@H]4O[C@H](COC(C)=O)[C@@H](O)[C@H](O)[C@H]4O)C3CC2O[C@@H]2O[C@H](CO)[C@@H](O)[C@H](O)[C@H]2O)CCC1O. The first-order valence-corrected chi connectivity index (χ1v) is 16.3. The molecule has 17 nitrogen and oxygen atoms in total. The van der Waals surface area contributed by atoms with Crippen LogP contribution < -0.4 is 0 Å². The minimum absolute atomic E-state index is 0.0865. The fourth-order valence-corrected chi connectivity index (χ4v) is 7.66. The zero-order valence-corrected chi connectivity index (χ0v) is 26.4.